The molecular formula is C32H28N4O4. The Balaban J connectivity index is 1.39. The number of para-hydroxylation sites is 1. The minimum absolute atomic E-state index is 0.255. The molecule has 1 fully saturated rings. The Hall–Kier alpha value is -5.11. The topological polar surface area (TPSA) is 96.7 Å². The summed E-state index contributed by atoms with van der Waals surface area (Å²) in [5.74, 6) is 0.0851. The third-order valence-corrected chi connectivity index (χ3v) is 7.46. The number of hydrogen-bond acceptors (Lipinski definition) is 5. The smallest absolute Gasteiger partial charge is 0.408 e. The minimum Gasteiger partial charge on any atom is -0.465 e. The number of amides is 1. The van der Waals surface area contributed by atoms with Crippen molar-refractivity contribution in [3.05, 3.63) is 115 Å². The lowest BCUT2D eigenvalue weighted by atomic mass is 9.96. The van der Waals surface area contributed by atoms with Gasteiger partial charge in [0.1, 0.15) is 5.75 Å². The van der Waals surface area contributed by atoms with Gasteiger partial charge in [0, 0.05) is 36.6 Å². The number of ether oxygens (including phenoxy) is 1. The molecule has 0 unspecified atom stereocenters. The highest BCUT2D eigenvalue weighted by Crippen LogP contribution is 2.51. The zero-order valence-electron chi connectivity index (χ0n) is 22.0. The van der Waals surface area contributed by atoms with E-state index in [0.29, 0.717) is 22.6 Å². The number of aryl methyl sites for hydroxylation is 1. The number of rotatable bonds is 8. The van der Waals surface area contributed by atoms with Crippen LogP contribution >= 0.6 is 0 Å². The van der Waals surface area contributed by atoms with Crippen molar-refractivity contribution >= 4 is 29.0 Å². The van der Waals surface area contributed by atoms with Crippen molar-refractivity contribution in [2.75, 3.05) is 11.9 Å². The molecule has 0 atom stereocenters. The number of anilines is 1. The Morgan fingerprint density at radius 3 is 2.48 bits per heavy atom. The largest absolute Gasteiger partial charge is 0.465 e. The number of carbonyl (C=O) groups is 2. The molecule has 1 aliphatic carbocycles. The molecular weight excluding hydrogens is 504 g/mol. The summed E-state index contributed by atoms with van der Waals surface area (Å²) in [5, 5.41) is 13.3. The number of fused-ring (bicyclic) bond motifs is 1. The van der Waals surface area contributed by atoms with E-state index in [9.17, 15) is 14.7 Å². The summed E-state index contributed by atoms with van der Waals surface area (Å²) >= 11 is 0. The van der Waals surface area contributed by atoms with Gasteiger partial charge in [0.05, 0.1) is 28.8 Å². The van der Waals surface area contributed by atoms with Gasteiger partial charge in [-0.1, -0.05) is 60.7 Å². The number of esters is 1. The zero-order valence-corrected chi connectivity index (χ0v) is 22.0. The number of carboxylic acid groups (broad SMARTS) is 1. The van der Waals surface area contributed by atoms with Crippen LogP contribution in [0.2, 0.25) is 0 Å². The maximum atomic E-state index is 13.1. The fourth-order valence-electron chi connectivity index (χ4n) is 5.31. The van der Waals surface area contributed by atoms with E-state index < -0.39 is 17.6 Å². The summed E-state index contributed by atoms with van der Waals surface area (Å²) in [6.07, 6.45) is 5.86. The molecule has 8 heteroatoms. The molecule has 2 N–H and O–H groups in total. The highest BCUT2D eigenvalue weighted by atomic mass is 16.5. The van der Waals surface area contributed by atoms with Crippen LogP contribution < -0.4 is 10.1 Å². The highest BCUT2D eigenvalue weighted by molar-refractivity contribution is 6.29. The SMILES string of the molecule is C=CCN(C(=O)O)C1(c2ccc(/C(Nc3ccc(-c4cn(C)cn4)cc3)=C3/C(=O)Oc4ccccc43)cc2)CC1. The van der Waals surface area contributed by atoms with Crippen molar-refractivity contribution in [3.63, 3.8) is 0 Å². The first-order chi connectivity index (χ1) is 19.4. The first kappa shape index (κ1) is 25.2. The van der Waals surface area contributed by atoms with E-state index in [1.54, 1.807) is 18.5 Å². The van der Waals surface area contributed by atoms with E-state index in [0.717, 1.165) is 40.9 Å². The van der Waals surface area contributed by atoms with Crippen LogP contribution in [-0.4, -0.2) is 38.2 Å². The molecule has 2 heterocycles. The summed E-state index contributed by atoms with van der Waals surface area (Å²) < 4.78 is 7.48. The fraction of sp³-hybridized carbons (Fsp3) is 0.156. The number of nitrogens with one attached hydrogen (secondary N) is 1. The lowest BCUT2D eigenvalue weighted by Gasteiger charge is -2.29. The van der Waals surface area contributed by atoms with Gasteiger partial charge in [0.2, 0.25) is 0 Å². The minimum atomic E-state index is -0.967. The molecule has 0 saturated heterocycles. The molecule has 0 radical (unpaired) electrons. The molecule has 2 aliphatic rings. The van der Waals surface area contributed by atoms with Crippen LogP contribution in [0.25, 0.3) is 22.5 Å². The summed E-state index contributed by atoms with van der Waals surface area (Å²) in [6, 6.07) is 23.0. The Morgan fingerprint density at radius 2 is 1.85 bits per heavy atom. The third kappa shape index (κ3) is 4.43. The quantitative estimate of drug-likeness (QED) is 0.122. The van der Waals surface area contributed by atoms with Gasteiger partial charge in [-0.15, -0.1) is 6.58 Å². The number of imidazole rings is 1. The molecule has 40 heavy (non-hydrogen) atoms. The predicted octanol–water partition coefficient (Wildman–Crippen LogP) is 6.14. The van der Waals surface area contributed by atoms with Crippen molar-refractivity contribution in [2.45, 2.75) is 18.4 Å². The lowest BCUT2D eigenvalue weighted by molar-refractivity contribution is -0.126. The second-order valence-electron chi connectivity index (χ2n) is 10.1. The van der Waals surface area contributed by atoms with Gasteiger partial charge in [-0.2, -0.15) is 0 Å². The van der Waals surface area contributed by atoms with E-state index in [-0.39, 0.29) is 6.54 Å². The van der Waals surface area contributed by atoms with Crippen LogP contribution in [0.1, 0.15) is 29.5 Å². The normalized spacial score (nSPS) is 16.1. The van der Waals surface area contributed by atoms with Crippen LogP contribution in [0.15, 0.2) is 98.0 Å². The highest BCUT2D eigenvalue weighted by Gasteiger charge is 2.51. The van der Waals surface area contributed by atoms with Crippen LogP contribution in [0.3, 0.4) is 0 Å². The molecule has 4 aromatic rings. The average Bonchev–Trinajstić information content (AvgIpc) is 3.53. The second kappa shape index (κ2) is 9.89. The van der Waals surface area contributed by atoms with Gasteiger partial charge in [0.15, 0.2) is 0 Å². The molecule has 1 aliphatic heterocycles. The van der Waals surface area contributed by atoms with E-state index >= 15 is 0 Å². The van der Waals surface area contributed by atoms with Gasteiger partial charge in [0.25, 0.3) is 0 Å². The van der Waals surface area contributed by atoms with Gasteiger partial charge < -0.3 is 19.7 Å². The summed E-state index contributed by atoms with van der Waals surface area (Å²) in [7, 11) is 1.93. The molecule has 1 aromatic heterocycles. The van der Waals surface area contributed by atoms with Gasteiger partial charge in [-0.3, -0.25) is 4.90 Å². The van der Waals surface area contributed by atoms with Gasteiger partial charge in [-0.05, 0) is 42.2 Å². The summed E-state index contributed by atoms with van der Waals surface area (Å²) in [6.45, 7) is 3.98. The Morgan fingerprint density at radius 1 is 1.12 bits per heavy atom. The molecule has 0 bridgehead atoms. The summed E-state index contributed by atoms with van der Waals surface area (Å²) in [4.78, 5) is 31.0. The number of benzene rings is 3. The maximum Gasteiger partial charge on any atom is 0.408 e. The van der Waals surface area contributed by atoms with E-state index in [2.05, 4.69) is 16.9 Å². The average molecular weight is 533 g/mol. The van der Waals surface area contributed by atoms with E-state index in [4.69, 9.17) is 4.74 Å². The molecule has 0 spiro atoms. The second-order valence-corrected chi connectivity index (χ2v) is 10.1. The number of hydrogen-bond donors (Lipinski definition) is 2. The standard InChI is InChI=1S/C32H28N4O4/c1-3-18-36(31(38)39)32(16-17-32)23-12-8-22(9-13-23)29(28-25-6-4-5-7-27(25)40-30(28)37)34-24-14-10-21(11-15-24)26-19-35(2)20-33-26/h3-15,19-20,34H,1,16-18H2,2H3,(H,38,39)/b29-28-. The molecule has 6 rings (SSSR count). The van der Waals surface area contributed by atoms with Crippen LogP contribution in [0, 0.1) is 0 Å². The van der Waals surface area contributed by atoms with E-state index in [1.807, 2.05) is 84.5 Å². The van der Waals surface area contributed by atoms with E-state index in [1.165, 1.54) is 4.90 Å². The molecule has 1 amide bonds. The van der Waals surface area contributed by atoms with Gasteiger partial charge >= 0.3 is 12.1 Å². The maximum absolute atomic E-state index is 13.1. The van der Waals surface area contributed by atoms with Gasteiger partial charge in [-0.25, -0.2) is 14.6 Å². The Kier molecular flexibility index (Phi) is 6.23. The number of nitrogens with zero attached hydrogens (tertiary/aromatic N) is 3. The molecule has 200 valence electrons. The number of carbonyl (C=O) groups excluding carboxylic acids is 1. The van der Waals surface area contributed by atoms with Crippen molar-refractivity contribution in [2.24, 2.45) is 7.05 Å². The first-order valence-electron chi connectivity index (χ1n) is 13.0. The predicted molar refractivity (Wildman–Crippen MR) is 153 cm³/mol. The fourth-order valence-corrected chi connectivity index (χ4v) is 5.31. The van der Waals surface area contributed by atoms with Crippen LogP contribution in [-0.2, 0) is 17.4 Å². The lowest BCUT2D eigenvalue weighted by Crippen LogP contribution is -2.39. The Bertz CT molecular complexity index is 1650. The molecule has 3 aromatic carbocycles. The van der Waals surface area contributed by atoms with Crippen molar-refractivity contribution < 1.29 is 19.4 Å². The van der Waals surface area contributed by atoms with Crippen LogP contribution in [0.5, 0.6) is 5.75 Å². The van der Waals surface area contributed by atoms with Crippen molar-refractivity contribution in [3.8, 4) is 17.0 Å². The zero-order chi connectivity index (χ0) is 27.9. The van der Waals surface area contributed by atoms with Crippen molar-refractivity contribution in [1.82, 2.24) is 14.5 Å². The summed E-state index contributed by atoms with van der Waals surface area (Å²) in [5.41, 5.74) is 5.55. The third-order valence-electron chi connectivity index (χ3n) is 7.46. The Labute approximate surface area is 231 Å². The number of aromatic nitrogens is 2. The van der Waals surface area contributed by atoms with Crippen molar-refractivity contribution in [1.29, 1.82) is 0 Å². The molecule has 8 nitrogen and oxygen atoms in total. The monoisotopic (exact) mass is 532 g/mol. The first-order valence-corrected chi connectivity index (χ1v) is 13.0. The van der Waals surface area contributed by atoms with Crippen LogP contribution in [0.4, 0.5) is 10.5 Å². The molecule has 1 saturated carbocycles.